The number of ether oxygens (including phenoxy) is 1. The van der Waals surface area contributed by atoms with Crippen molar-refractivity contribution in [1.29, 1.82) is 0 Å². The summed E-state index contributed by atoms with van der Waals surface area (Å²) in [6.07, 6.45) is 0.142. The molecule has 0 aliphatic rings. The molecule has 21 heavy (non-hydrogen) atoms. The molecule has 0 spiro atoms. The molecule has 1 N–H and O–H groups in total. The third kappa shape index (κ3) is 6.76. The molecule has 1 rings (SSSR count). The normalized spacial score (nSPS) is 12.1. The summed E-state index contributed by atoms with van der Waals surface area (Å²) in [5.41, 5.74) is 0.135. The number of hydrogen-bond donors (Lipinski definition) is 1. The molecular weight excluding hydrogens is 290 g/mol. The third-order valence-corrected chi connectivity index (χ3v) is 2.66. The number of rotatable bonds is 3. The van der Waals surface area contributed by atoms with Crippen molar-refractivity contribution in [2.24, 2.45) is 0 Å². The van der Waals surface area contributed by atoms with Gasteiger partial charge in [0.15, 0.2) is 0 Å². The first kappa shape index (κ1) is 17.7. The Hall–Kier alpha value is -1.36. The fourth-order valence-electron chi connectivity index (χ4n) is 1.53. The molecule has 1 aromatic rings. The van der Waals surface area contributed by atoms with Crippen LogP contribution in [0.3, 0.4) is 0 Å². The Labute approximate surface area is 131 Å². The van der Waals surface area contributed by atoms with E-state index in [0.29, 0.717) is 23.9 Å². The number of nitrogens with zero attached hydrogens (tertiary/aromatic N) is 2. The first-order chi connectivity index (χ1) is 9.47. The summed E-state index contributed by atoms with van der Waals surface area (Å²) < 4.78 is 5.17. The second-order valence-corrected chi connectivity index (χ2v) is 7.32. The average molecular weight is 314 g/mol. The number of aromatic nitrogens is 2. The number of nitrogens with one attached hydrogen (secondary N) is 1. The quantitative estimate of drug-likeness (QED) is 0.867. The zero-order valence-corrected chi connectivity index (χ0v) is 14.3. The minimum Gasteiger partial charge on any atom is -0.444 e. The van der Waals surface area contributed by atoms with Gasteiger partial charge >= 0.3 is 6.09 Å². The molecule has 0 fully saturated rings. The Bertz CT molecular complexity index is 505. The molecule has 0 aliphatic carbocycles. The fourth-order valence-corrected chi connectivity index (χ4v) is 1.74. The molecule has 118 valence electrons. The summed E-state index contributed by atoms with van der Waals surface area (Å²) >= 11 is 6.02. The summed E-state index contributed by atoms with van der Waals surface area (Å²) in [5, 5.41) is 3.12. The predicted octanol–water partition coefficient (Wildman–Crippen LogP) is 3.49. The molecule has 6 heteroatoms. The summed E-state index contributed by atoms with van der Waals surface area (Å²) in [5.74, 6) is 0.697. The van der Waals surface area contributed by atoms with Crippen LogP contribution < -0.4 is 5.32 Å². The summed E-state index contributed by atoms with van der Waals surface area (Å²) in [4.78, 5) is 20.3. The zero-order valence-electron chi connectivity index (χ0n) is 13.6. The van der Waals surface area contributed by atoms with Crippen LogP contribution in [0.5, 0.6) is 0 Å². The fraction of sp³-hybridized carbons (Fsp3) is 0.667. The van der Waals surface area contributed by atoms with Gasteiger partial charge in [0.05, 0.1) is 0 Å². The van der Waals surface area contributed by atoms with E-state index in [1.807, 2.05) is 41.5 Å². The van der Waals surface area contributed by atoms with E-state index < -0.39 is 11.7 Å². The van der Waals surface area contributed by atoms with E-state index in [9.17, 15) is 4.79 Å². The number of alkyl carbamates (subject to hydrolysis) is 1. The Balaban J connectivity index is 2.60. The Kier molecular flexibility index (Phi) is 5.56. The molecule has 1 heterocycles. The van der Waals surface area contributed by atoms with Crippen LogP contribution >= 0.6 is 11.6 Å². The molecule has 0 saturated heterocycles. The molecule has 0 aromatic carbocycles. The highest BCUT2D eigenvalue weighted by molar-refractivity contribution is 6.29. The van der Waals surface area contributed by atoms with Crippen LogP contribution in [-0.2, 0) is 16.6 Å². The maximum absolute atomic E-state index is 11.5. The first-order valence-electron chi connectivity index (χ1n) is 6.98. The summed E-state index contributed by atoms with van der Waals surface area (Å²) in [6.45, 7) is 12.0. The van der Waals surface area contributed by atoms with Crippen LogP contribution in [0.2, 0.25) is 5.15 Å². The van der Waals surface area contributed by atoms with Crippen molar-refractivity contribution in [1.82, 2.24) is 15.3 Å². The Morgan fingerprint density at radius 1 is 1.24 bits per heavy atom. The van der Waals surface area contributed by atoms with Gasteiger partial charge in [-0.15, -0.1) is 0 Å². The number of halogens is 1. The van der Waals surface area contributed by atoms with Gasteiger partial charge in [-0.3, -0.25) is 0 Å². The van der Waals surface area contributed by atoms with Crippen molar-refractivity contribution >= 4 is 17.7 Å². The van der Waals surface area contributed by atoms with E-state index in [-0.39, 0.29) is 5.41 Å². The van der Waals surface area contributed by atoms with Crippen LogP contribution in [0.15, 0.2) is 6.07 Å². The van der Waals surface area contributed by atoms with E-state index in [2.05, 4.69) is 15.3 Å². The second kappa shape index (κ2) is 6.60. The van der Waals surface area contributed by atoms with Crippen LogP contribution in [0.1, 0.15) is 53.1 Å². The molecule has 0 aliphatic heterocycles. The van der Waals surface area contributed by atoms with Crippen molar-refractivity contribution < 1.29 is 9.53 Å². The van der Waals surface area contributed by atoms with Gasteiger partial charge in [0, 0.05) is 24.1 Å². The number of carbonyl (C=O) groups excluding carboxylic acids is 1. The van der Waals surface area contributed by atoms with Crippen molar-refractivity contribution in [3.8, 4) is 0 Å². The monoisotopic (exact) mass is 313 g/mol. The van der Waals surface area contributed by atoms with Gasteiger partial charge in [-0.2, -0.15) is 0 Å². The lowest BCUT2D eigenvalue weighted by Crippen LogP contribution is -2.33. The van der Waals surface area contributed by atoms with Crippen molar-refractivity contribution in [2.75, 3.05) is 6.54 Å². The maximum Gasteiger partial charge on any atom is 0.407 e. The predicted molar refractivity (Wildman–Crippen MR) is 83.7 cm³/mol. The van der Waals surface area contributed by atoms with E-state index in [1.54, 1.807) is 6.07 Å². The molecule has 0 radical (unpaired) electrons. The lowest BCUT2D eigenvalue weighted by Gasteiger charge is -2.20. The largest absolute Gasteiger partial charge is 0.444 e. The van der Waals surface area contributed by atoms with Crippen LogP contribution in [0.4, 0.5) is 4.79 Å². The highest BCUT2D eigenvalue weighted by Crippen LogP contribution is 2.20. The van der Waals surface area contributed by atoms with Crippen LogP contribution in [0.25, 0.3) is 0 Å². The van der Waals surface area contributed by atoms with Crippen LogP contribution in [-0.4, -0.2) is 28.2 Å². The molecule has 0 bridgehead atoms. The molecule has 1 aromatic heterocycles. The molecule has 0 unspecified atom stereocenters. The van der Waals surface area contributed by atoms with Gasteiger partial charge in [-0.1, -0.05) is 32.4 Å². The topological polar surface area (TPSA) is 64.1 Å². The smallest absolute Gasteiger partial charge is 0.407 e. The van der Waals surface area contributed by atoms with Gasteiger partial charge < -0.3 is 10.1 Å². The third-order valence-electron chi connectivity index (χ3n) is 2.47. The van der Waals surface area contributed by atoms with Gasteiger partial charge in [0.2, 0.25) is 0 Å². The number of amides is 1. The average Bonchev–Trinajstić information content (AvgIpc) is 2.24. The molecule has 5 nitrogen and oxygen atoms in total. The van der Waals surface area contributed by atoms with E-state index in [4.69, 9.17) is 16.3 Å². The van der Waals surface area contributed by atoms with Gasteiger partial charge in [-0.05, 0) is 26.8 Å². The minimum absolute atomic E-state index is 0.168. The van der Waals surface area contributed by atoms with E-state index in [0.717, 1.165) is 5.69 Å². The Morgan fingerprint density at radius 3 is 2.38 bits per heavy atom. The summed E-state index contributed by atoms with van der Waals surface area (Å²) in [6, 6.07) is 1.72. The lowest BCUT2D eigenvalue weighted by molar-refractivity contribution is 0.0528. The first-order valence-corrected chi connectivity index (χ1v) is 7.36. The summed E-state index contributed by atoms with van der Waals surface area (Å²) in [7, 11) is 0. The molecule has 0 saturated carbocycles. The van der Waals surface area contributed by atoms with Crippen molar-refractivity contribution in [3.05, 3.63) is 22.7 Å². The SMILES string of the molecule is CC(C)(C)OC(=O)NCCc1cc(Cl)nc(C(C)(C)C)n1. The molecular formula is C15H24ClN3O2. The highest BCUT2D eigenvalue weighted by Gasteiger charge is 2.19. The second-order valence-electron chi connectivity index (χ2n) is 6.93. The minimum atomic E-state index is -0.498. The standard InChI is InChI=1S/C15H24ClN3O2/c1-14(2,3)12-18-10(9-11(16)19-12)7-8-17-13(20)21-15(4,5)6/h9H,7-8H2,1-6H3,(H,17,20). The van der Waals surface area contributed by atoms with Crippen LogP contribution in [0, 0.1) is 0 Å². The Morgan fingerprint density at radius 2 is 1.86 bits per heavy atom. The van der Waals surface area contributed by atoms with Gasteiger partial charge in [-0.25, -0.2) is 14.8 Å². The number of carbonyl (C=O) groups is 1. The molecule has 1 amide bonds. The highest BCUT2D eigenvalue weighted by atomic mass is 35.5. The lowest BCUT2D eigenvalue weighted by atomic mass is 9.95. The van der Waals surface area contributed by atoms with Gasteiger partial charge in [0.1, 0.15) is 16.6 Å². The zero-order chi connectivity index (χ0) is 16.3. The number of hydrogen-bond acceptors (Lipinski definition) is 4. The van der Waals surface area contributed by atoms with E-state index >= 15 is 0 Å². The maximum atomic E-state index is 11.5. The van der Waals surface area contributed by atoms with Crippen molar-refractivity contribution in [3.63, 3.8) is 0 Å². The van der Waals surface area contributed by atoms with Gasteiger partial charge in [0.25, 0.3) is 0 Å². The van der Waals surface area contributed by atoms with E-state index in [1.165, 1.54) is 0 Å². The van der Waals surface area contributed by atoms with Crippen molar-refractivity contribution in [2.45, 2.75) is 59.0 Å². The molecule has 0 atom stereocenters.